The molecule has 8 heteroatoms. The third-order valence-electron chi connectivity index (χ3n) is 4.47. The molecule has 1 heterocycles. The maximum absolute atomic E-state index is 13.0. The fourth-order valence-corrected chi connectivity index (χ4v) is 2.99. The number of non-ortho nitro benzene ring substituents is 1. The molecule has 0 aliphatic heterocycles. The summed E-state index contributed by atoms with van der Waals surface area (Å²) in [5.41, 5.74) is 1.11. The fourth-order valence-electron chi connectivity index (χ4n) is 2.99. The Kier molecular flexibility index (Phi) is 4.64. The SMILES string of the molecule is Cc1c(N(C)C(=O)c2cccc([N+](=O)[O-])c2)c(=O)n(-c2ccccc2)n1C. The van der Waals surface area contributed by atoms with E-state index in [9.17, 15) is 19.7 Å². The van der Waals surface area contributed by atoms with Crippen LogP contribution in [0.2, 0.25) is 0 Å². The Labute approximate surface area is 155 Å². The molecule has 0 aliphatic carbocycles. The molecule has 0 fully saturated rings. The van der Waals surface area contributed by atoms with Crippen LogP contribution in [0.5, 0.6) is 0 Å². The largest absolute Gasteiger partial charge is 0.305 e. The Morgan fingerprint density at radius 2 is 1.78 bits per heavy atom. The van der Waals surface area contributed by atoms with Crippen molar-refractivity contribution in [3.63, 3.8) is 0 Å². The number of amides is 1. The van der Waals surface area contributed by atoms with Crippen molar-refractivity contribution in [2.75, 3.05) is 11.9 Å². The lowest BCUT2D eigenvalue weighted by molar-refractivity contribution is -0.384. The zero-order valence-electron chi connectivity index (χ0n) is 15.1. The van der Waals surface area contributed by atoms with Crippen LogP contribution in [0.25, 0.3) is 5.69 Å². The predicted octanol–water partition coefficient (Wildman–Crippen LogP) is 2.67. The highest BCUT2D eigenvalue weighted by Crippen LogP contribution is 2.21. The number of rotatable bonds is 4. The molecule has 27 heavy (non-hydrogen) atoms. The van der Waals surface area contributed by atoms with Crippen molar-refractivity contribution >= 4 is 17.3 Å². The molecule has 3 aromatic rings. The van der Waals surface area contributed by atoms with Crippen molar-refractivity contribution in [1.29, 1.82) is 0 Å². The van der Waals surface area contributed by atoms with Gasteiger partial charge in [0.15, 0.2) is 0 Å². The Balaban J connectivity index is 2.07. The third-order valence-corrected chi connectivity index (χ3v) is 4.47. The van der Waals surface area contributed by atoms with Gasteiger partial charge in [0.25, 0.3) is 17.2 Å². The van der Waals surface area contributed by atoms with E-state index >= 15 is 0 Å². The summed E-state index contributed by atoms with van der Waals surface area (Å²) < 4.78 is 3.14. The zero-order valence-corrected chi connectivity index (χ0v) is 15.1. The van der Waals surface area contributed by atoms with Crippen LogP contribution in [0.1, 0.15) is 16.1 Å². The van der Waals surface area contributed by atoms with E-state index in [1.165, 1.54) is 40.9 Å². The van der Waals surface area contributed by atoms with Crippen LogP contribution >= 0.6 is 0 Å². The zero-order chi connectivity index (χ0) is 19.7. The van der Waals surface area contributed by atoms with Crippen LogP contribution in [0.15, 0.2) is 59.4 Å². The standard InChI is InChI=1S/C19H18N4O4/c1-13-17(19(25)22(21(13)3)15-9-5-4-6-10-15)20(2)18(24)14-8-7-11-16(12-14)23(26)27/h4-12H,1-3H3. The number of hydrogen-bond donors (Lipinski definition) is 0. The first kappa shape index (κ1) is 18.1. The first-order valence-electron chi connectivity index (χ1n) is 8.19. The summed E-state index contributed by atoms with van der Waals surface area (Å²) in [7, 11) is 3.22. The number of nitrogens with zero attached hydrogens (tertiary/aromatic N) is 4. The summed E-state index contributed by atoms with van der Waals surface area (Å²) in [6, 6.07) is 14.5. The molecule has 0 saturated heterocycles. The lowest BCUT2D eigenvalue weighted by Crippen LogP contribution is -2.31. The van der Waals surface area contributed by atoms with Crippen LogP contribution < -0.4 is 10.5 Å². The number of aromatic nitrogens is 2. The van der Waals surface area contributed by atoms with Gasteiger partial charge < -0.3 is 4.90 Å². The molecular weight excluding hydrogens is 348 g/mol. The van der Waals surface area contributed by atoms with Gasteiger partial charge >= 0.3 is 0 Å². The Morgan fingerprint density at radius 1 is 1.11 bits per heavy atom. The quantitative estimate of drug-likeness (QED) is 0.524. The molecule has 0 unspecified atom stereocenters. The minimum absolute atomic E-state index is 0.139. The van der Waals surface area contributed by atoms with E-state index in [4.69, 9.17) is 0 Å². The Bertz CT molecular complexity index is 1080. The van der Waals surface area contributed by atoms with Crippen LogP contribution in [-0.4, -0.2) is 27.2 Å². The van der Waals surface area contributed by atoms with Crippen molar-refractivity contribution in [2.45, 2.75) is 6.92 Å². The van der Waals surface area contributed by atoms with Crippen molar-refractivity contribution < 1.29 is 9.72 Å². The average Bonchev–Trinajstić information content (AvgIpc) is 2.90. The van der Waals surface area contributed by atoms with Crippen molar-refractivity contribution in [3.05, 3.63) is 86.3 Å². The molecule has 0 saturated carbocycles. The maximum atomic E-state index is 13.0. The molecule has 138 valence electrons. The number of anilines is 1. The van der Waals surface area contributed by atoms with E-state index in [1.54, 1.807) is 30.8 Å². The second kappa shape index (κ2) is 6.91. The molecule has 2 aromatic carbocycles. The predicted molar refractivity (Wildman–Crippen MR) is 102 cm³/mol. The number of benzene rings is 2. The highest BCUT2D eigenvalue weighted by molar-refractivity contribution is 6.06. The van der Waals surface area contributed by atoms with E-state index in [-0.39, 0.29) is 22.5 Å². The number of nitro benzene ring substituents is 1. The summed E-state index contributed by atoms with van der Waals surface area (Å²) in [6.45, 7) is 1.74. The monoisotopic (exact) mass is 366 g/mol. The summed E-state index contributed by atoms with van der Waals surface area (Å²) in [4.78, 5) is 37.5. The van der Waals surface area contributed by atoms with E-state index < -0.39 is 10.8 Å². The normalized spacial score (nSPS) is 10.6. The third kappa shape index (κ3) is 3.12. The molecule has 3 rings (SSSR count). The molecule has 0 aliphatic rings. The molecule has 8 nitrogen and oxygen atoms in total. The van der Waals surface area contributed by atoms with E-state index in [0.29, 0.717) is 11.4 Å². The highest BCUT2D eigenvalue weighted by Gasteiger charge is 2.24. The van der Waals surface area contributed by atoms with E-state index in [0.717, 1.165) is 0 Å². The van der Waals surface area contributed by atoms with Gasteiger partial charge in [0.1, 0.15) is 5.69 Å². The Hall–Kier alpha value is -3.68. The number of hydrogen-bond acceptors (Lipinski definition) is 4. The molecule has 1 amide bonds. The number of para-hydroxylation sites is 1. The van der Waals surface area contributed by atoms with Crippen LogP contribution in [0, 0.1) is 17.0 Å². The molecular formula is C19H18N4O4. The Morgan fingerprint density at radius 3 is 2.41 bits per heavy atom. The minimum Gasteiger partial charge on any atom is -0.305 e. The summed E-state index contributed by atoms with van der Waals surface area (Å²) in [5.74, 6) is -0.496. The van der Waals surface area contributed by atoms with Crippen LogP contribution in [0.3, 0.4) is 0 Å². The first-order valence-corrected chi connectivity index (χ1v) is 8.19. The van der Waals surface area contributed by atoms with Gasteiger partial charge in [-0.25, -0.2) is 4.68 Å². The van der Waals surface area contributed by atoms with Crippen LogP contribution in [-0.2, 0) is 7.05 Å². The summed E-state index contributed by atoms with van der Waals surface area (Å²) in [6.07, 6.45) is 0. The summed E-state index contributed by atoms with van der Waals surface area (Å²) >= 11 is 0. The van der Waals surface area contributed by atoms with Crippen molar-refractivity contribution in [2.24, 2.45) is 7.05 Å². The van der Waals surface area contributed by atoms with Gasteiger partial charge in [0.05, 0.1) is 16.3 Å². The first-order chi connectivity index (χ1) is 12.8. The molecule has 0 atom stereocenters. The smallest absolute Gasteiger partial charge is 0.295 e. The lowest BCUT2D eigenvalue weighted by Gasteiger charge is -2.15. The number of nitro groups is 1. The molecule has 0 N–H and O–H groups in total. The van der Waals surface area contributed by atoms with Gasteiger partial charge in [-0.1, -0.05) is 24.3 Å². The van der Waals surface area contributed by atoms with Crippen molar-refractivity contribution in [1.82, 2.24) is 9.36 Å². The topological polar surface area (TPSA) is 90.4 Å². The molecule has 0 radical (unpaired) electrons. The van der Waals surface area contributed by atoms with Crippen LogP contribution in [0.4, 0.5) is 11.4 Å². The second-order valence-electron chi connectivity index (χ2n) is 6.08. The van der Waals surface area contributed by atoms with Gasteiger partial charge in [-0.3, -0.25) is 24.4 Å². The van der Waals surface area contributed by atoms with Crippen molar-refractivity contribution in [3.8, 4) is 5.69 Å². The molecule has 0 bridgehead atoms. The average molecular weight is 366 g/mol. The van der Waals surface area contributed by atoms with E-state index in [2.05, 4.69) is 0 Å². The molecule has 1 aromatic heterocycles. The van der Waals surface area contributed by atoms with Gasteiger partial charge in [-0.15, -0.1) is 0 Å². The molecule has 0 spiro atoms. The fraction of sp³-hybridized carbons (Fsp3) is 0.158. The number of carbonyl (C=O) groups is 1. The highest BCUT2D eigenvalue weighted by atomic mass is 16.6. The summed E-state index contributed by atoms with van der Waals surface area (Å²) in [5, 5.41) is 11.0. The minimum atomic E-state index is -0.563. The van der Waals surface area contributed by atoms with Gasteiger partial charge in [0, 0.05) is 31.8 Å². The maximum Gasteiger partial charge on any atom is 0.295 e. The lowest BCUT2D eigenvalue weighted by atomic mass is 10.1. The van der Waals surface area contributed by atoms with E-state index in [1.807, 2.05) is 18.2 Å². The number of carbonyl (C=O) groups excluding carboxylic acids is 1. The van der Waals surface area contributed by atoms with Gasteiger partial charge in [-0.05, 0) is 25.1 Å². The van der Waals surface area contributed by atoms with Gasteiger partial charge in [0.2, 0.25) is 0 Å². The van der Waals surface area contributed by atoms with Gasteiger partial charge in [-0.2, -0.15) is 0 Å². The second-order valence-corrected chi connectivity index (χ2v) is 6.08.